The minimum atomic E-state index is 0.687. The van der Waals surface area contributed by atoms with Crippen LogP contribution in [0, 0.1) is 6.92 Å². The number of hydrogen-bond donors (Lipinski definition) is 2. The molecule has 1 aromatic heterocycles. The van der Waals surface area contributed by atoms with Crippen LogP contribution in [0.15, 0.2) is 35.5 Å². The Morgan fingerprint density at radius 3 is 2.61 bits per heavy atom. The third-order valence-corrected chi connectivity index (χ3v) is 4.67. The topological polar surface area (TPSA) is 49.3 Å². The van der Waals surface area contributed by atoms with E-state index in [4.69, 9.17) is 0 Å². The summed E-state index contributed by atoms with van der Waals surface area (Å²) >= 11 is 1.80. The Morgan fingerprint density at radius 1 is 1.17 bits per heavy atom. The molecule has 0 aliphatic rings. The Kier molecular flexibility index (Phi) is 7.07. The van der Waals surface area contributed by atoms with Crippen LogP contribution < -0.4 is 10.6 Å². The van der Waals surface area contributed by atoms with E-state index >= 15 is 0 Å². The van der Waals surface area contributed by atoms with Crippen LogP contribution >= 0.6 is 11.3 Å². The molecule has 1 heterocycles. The number of thiazole rings is 1. The molecule has 0 aliphatic carbocycles. The molecule has 124 valence electrons. The second-order valence-electron chi connectivity index (χ2n) is 5.43. The van der Waals surface area contributed by atoms with E-state index < -0.39 is 0 Å². The summed E-state index contributed by atoms with van der Waals surface area (Å²) in [7, 11) is 0. The summed E-state index contributed by atoms with van der Waals surface area (Å²) < 4.78 is 0. The average Bonchev–Trinajstić information content (AvgIpc) is 3.02. The molecule has 0 aliphatic heterocycles. The Labute approximate surface area is 143 Å². The van der Waals surface area contributed by atoms with Gasteiger partial charge in [-0.3, -0.25) is 0 Å². The molecule has 0 saturated heterocycles. The minimum Gasteiger partial charge on any atom is -0.357 e. The molecule has 4 nitrogen and oxygen atoms in total. The van der Waals surface area contributed by atoms with Crippen LogP contribution in [0.1, 0.15) is 34.9 Å². The molecule has 1 aromatic carbocycles. The first-order chi connectivity index (χ1) is 11.2. The third-order valence-electron chi connectivity index (χ3n) is 3.47. The van der Waals surface area contributed by atoms with E-state index in [-0.39, 0.29) is 0 Å². The van der Waals surface area contributed by atoms with E-state index in [9.17, 15) is 0 Å². The number of nitrogens with zero attached hydrogens (tertiary/aromatic N) is 2. The second kappa shape index (κ2) is 9.30. The molecule has 0 saturated carbocycles. The lowest BCUT2D eigenvalue weighted by molar-refractivity contribution is 0.796. The fourth-order valence-electron chi connectivity index (χ4n) is 2.12. The number of guanidine groups is 1. The van der Waals surface area contributed by atoms with Gasteiger partial charge in [0.25, 0.3) is 0 Å². The number of nitrogens with one attached hydrogen (secondary N) is 2. The lowest BCUT2D eigenvalue weighted by Gasteiger charge is -2.10. The standard InChI is InChI=1S/C18H26N4S/c1-4-16-13-21-17(23-16)10-11-20-18(19-5-2)22-12-15-8-6-14(3)7-9-15/h6-9,13H,4-5,10-12H2,1-3H3,(H2,19,20,22). The molecule has 0 amide bonds. The molecule has 0 atom stereocenters. The summed E-state index contributed by atoms with van der Waals surface area (Å²) in [5.41, 5.74) is 2.50. The van der Waals surface area contributed by atoms with Gasteiger partial charge >= 0.3 is 0 Å². The monoisotopic (exact) mass is 330 g/mol. The number of aryl methyl sites for hydroxylation is 2. The SMILES string of the molecule is CCNC(=NCc1ccc(C)cc1)NCCc1ncc(CC)s1. The van der Waals surface area contributed by atoms with E-state index in [1.807, 2.05) is 6.20 Å². The number of rotatable bonds is 7. The molecule has 5 heteroatoms. The van der Waals surface area contributed by atoms with E-state index in [1.165, 1.54) is 21.0 Å². The maximum absolute atomic E-state index is 4.64. The zero-order valence-corrected chi connectivity index (χ0v) is 15.0. The molecule has 0 spiro atoms. The molecule has 2 aromatic rings. The zero-order chi connectivity index (χ0) is 16.5. The first kappa shape index (κ1) is 17.5. The van der Waals surface area contributed by atoms with Crippen molar-refractivity contribution in [3.8, 4) is 0 Å². The predicted molar refractivity (Wildman–Crippen MR) is 99.2 cm³/mol. The first-order valence-electron chi connectivity index (χ1n) is 8.22. The lowest BCUT2D eigenvalue weighted by atomic mass is 10.1. The number of benzene rings is 1. The molecule has 0 unspecified atom stereocenters. The van der Waals surface area contributed by atoms with E-state index in [0.717, 1.165) is 31.9 Å². The Bertz CT molecular complexity index is 616. The summed E-state index contributed by atoms with van der Waals surface area (Å²) in [4.78, 5) is 10.4. The fourth-order valence-corrected chi connectivity index (χ4v) is 2.98. The predicted octanol–water partition coefficient (Wildman–Crippen LogP) is 3.31. The van der Waals surface area contributed by atoms with E-state index in [2.05, 4.69) is 65.6 Å². The highest BCUT2D eigenvalue weighted by Crippen LogP contribution is 2.13. The minimum absolute atomic E-state index is 0.687. The molecule has 0 bridgehead atoms. The highest BCUT2D eigenvalue weighted by atomic mass is 32.1. The van der Waals surface area contributed by atoms with Crippen LogP contribution in [0.3, 0.4) is 0 Å². The molecular formula is C18H26N4S. The van der Waals surface area contributed by atoms with Crippen LogP contribution in [-0.4, -0.2) is 24.0 Å². The second-order valence-corrected chi connectivity index (χ2v) is 6.63. The van der Waals surface area contributed by atoms with Crippen LogP contribution in [0.25, 0.3) is 0 Å². The van der Waals surface area contributed by atoms with Crippen molar-refractivity contribution in [2.45, 2.75) is 40.2 Å². The highest BCUT2D eigenvalue weighted by molar-refractivity contribution is 7.11. The van der Waals surface area contributed by atoms with Gasteiger partial charge in [-0.25, -0.2) is 9.98 Å². The van der Waals surface area contributed by atoms with Gasteiger partial charge in [0.1, 0.15) is 0 Å². The summed E-state index contributed by atoms with van der Waals surface area (Å²) in [5.74, 6) is 0.861. The van der Waals surface area contributed by atoms with E-state index in [1.54, 1.807) is 11.3 Å². The lowest BCUT2D eigenvalue weighted by Crippen LogP contribution is -2.38. The van der Waals surface area contributed by atoms with Crippen molar-refractivity contribution in [2.24, 2.45) is 4.99 Å². The van der Waals surface area contributed by atoms with Crippen molar-refractivity contribution in [3.63, 3.8) is 0 Å². The van der Waals surface area contributed by atoms with Crippen molar-refractivity contribution in [3.05, 3.63) is 51.5 Å². The summed E-state index contributed by atoms with van der Waals surface area (Å²) in [6.07, 6.45) is 3.97. The van der Waals surface area contributed by atoms with Crippen molar-refractivity contribution >= 4 is 17.3 Å². The zero-order valence-electron chi connectivity index (χ0n) is 14.2. The normalized spacial score (nSPS) is 11.5. The van der Waals surface area contributed by atoms with Gasteiger partial charge in [0.05, 0.1) is 11.6 Å². The molecule has 2 rings (SSSR count). The smallest absolute Gasteiger partial charge is 0.191 e. The van der Waals surface area contributed by atoms with Crippen molar-refractivity contribution in [1.29, 1.82) is 0 Å². The van der Waals surface area contributed by atoms with Gasteiger partial charge in [-0.1, -0.05) is 36.8 Å². The van der Waals surface area contributed by atoms with Gasteiger partial charge in [0.2, 0.25) is 0 Å². The Hall–Kier alpha value is -1.88. The maximum Gasteiger partial charge on any atom is 0.191 e. The fraction of sp³-hybridized carbons (Fsp3) is 0.444. The number of hydrogen-bond acceptors (Lipinski definition) is 3. The number of aliphatic imine (C=N–C) groups is 1. The Balaban J connectivity index is 1.84. The van der Waals surface area contributed by atoms with E-state index in [0.29, 0.717) is 6.54 Å². The van der Waals surface area contributed by atoms with Gasteiger partial charge in [-0.15, -0.1) is 11.3 Å². The molecule has 23 heavy (non-hydrogen) atoms. The summed E-state index contributed by atoms with van der Waals surface area (Å²) in [6.45, 7) is 8.73. The van der Waals surface area contributed by atoms with Gasteiger partial charge in [-0.2, -0.15) is 0 Å². The van der Waals surface area contributed by atoms with Crippen LogP contribution in [0.5, 0.6) is 0 Å². The van der Waals surface area contributed by atoms with Crippen LogP contribution in [0.2, 0.25) is 0 Å². The van der Waals surface area contributed by atoms with Gasteiger partial charge in [-0.05, 0) is 25.8 Å². The first-order valence-corrected chi connectivity index (χ1v) is 9.04. The quantitative estimate of drug-likeness (QED) is 0.605. The van der Waals surface area contributed by atoms with Crippen molar-refractivity contribution in [1.82, 2.24) is 15.6 Å². The maximum atomic E-state index is 4.64. The third kappa shape index (κ3) is 6.02. The Morgan fingerprint density at radius 2 is 1.96 bits per heavy atom. The summed E-state index contributed by atoms with van der Waals surface area (Å²) in [5, 5.41) is 7.86. The van der Waals surface area contributed by atoms with Crippen LogP contribution in [-0.2, 0) is 19.4 Å². The van der Waals surface area contributed by atoms with Gasteiger partial charge in [0, 0.05) is 30.6 Å². The molecule has 2 N–H and O–H groups in total. The molecule has 0 radical (unpaired) electrons. The van der Waals surface area contributed by atoms with Crippen molar-refractivity contribution < 1.29 is 0 Å². The van der Waals surface area contributed by atoms with Gasteiger partial charge in [0.15, 0.2) is 5.96 Å². The van der Waals surface area contributed by atoms with Crippen LogP contribution in [0.4, 0.5) is 0 Å². The number of aromatic nitrogens is 1. The highest BCUT2D eigenvalue weighted by Gasteiger charge is 2.02. The van der Waals surface area contributed by atoms with Crippen molar-refractivity contribution in [2.75, 3.05) is 13.1 Å². The summed E-state index contributed by atoms with van der Waals surface area (Å²) in [6, 6.07) is 8.51. The molecular weight excluding hydrogens is 304 g/mol. The largest absolute Gasteiger partial charge is 0.357 e. The average molecular weight is 331 g/mol. The van der Waals surface area contributed by atoms with Gasteiger partial charge < -0.3 is 10.6 Å². The molecule has 0 fully saturated rings.